The largest absolute Gasteiger partial charge is 0.356 e. The van der Waals surface area contributed by atoms with Gasteiger partial charge in [-0.25, -0.2) is 0 Å². The molecule has 2 N–H and O–H groups in total. The highest BCUT2D eigenvalue weighted by Crippen LogP contribution is 2.20. The van der Waals surface area contributed by atoms with Gasteiger partial charge in [-0.1, -0.05) is 37.3 Å². The average molecular weight is 415 g/mol. The van der Waals surface area contributed by atoms with Gasteiger partial charge < -0.3 is 20.4 Å². The first-order valence-electron chi connectivity index (χ1n) is 11.9. The molecule has 2 fully saturated rings. The second-order valence-electron chi connectivity index (χ2n) is 8.82. The topological polar surface area (TPSA) is 46.1 Å². The molecule has 2 saturated heterocycles. The molecule has 2 aliphatic heterocycles. The van der Waals surface area contributed by atoms with Gasteiger partial charge in [-0.15, -0.1) is 0 Å². The van der Waals surface area contributed by atoms with Crippen LogP contribution in [0.3, 0.4) is 0 Å². The van der Waals surface area contributed by atoms with Crippen LogP contribution in [0.15, 0.2) is 35.3 Å². The number of hydrogen-bond acceptors (Lipinski definition) is 4. The van der Waals surface area contributed by atoms with Gasteiger partial charge in [0.2, 0.25) is 0 Å². The molecule has 2 heterocycles. The van der Waals surface area contributed by atoms with Gasteiger partial charge in [0.1, 0.15) is 0 Å². The van der Waals surface area contributed by atoms with Gasteiger partial charge in [0.15, 0.2) is 5.96 Å². The molecule has 30 heavy (non-hydrogen) atoms. The molecule has 0 aromatic heterocycles. The van der Waals surface area contributed by atoms with Crippen molar-refractivity contribution in [3.05, 3.63) is 35.9 Å². The Kier molecular flexibility index (Phi) is 9.43. The number of rotatable bonds is 9. The van der Waals surface area contributed by atoms with E-state index in [4.69, 9.17) is 0 Å². The Morgan fingerprint density at radius 2 is 1.80 bits per heavy atom. The van der Waals surface area contributed by atoms with Gasteiger partial charge in [-0.2, -0.15) is 0 Å². The molecule has 2 unspecified atom stereocenters. The van der Waals surface area contributed by atoms with Crippen molar-refractivity contribution in [2.24, 2.45) is 4.99 Å². The molecule has 0 radical (unpaired) electrons. The quantitative estimate of drug-likeness (QED) is 0.369. The fourth-order valence-electron chi connectivity index (χ4n) is 4.63. The summed E-state index contributed by atoms with van der Waals surface area (Å²) in [6.45, 7) is 15.0. The SMILES string of the molecule is CCN1CCN(CCCCNC(=NC)NC2CC(C)N(Cc3ccccc3)C2)CC1. The van der Waals surface area contributed by atoms with Crippen molar-refractivity contribution in [3.63, 3.8) is 0 Å². The highest BCUT2D eigenvalue weighted by molar-refractivity contribution is 5.80. The minimum Gasteiger partial charge on any atom is -0.356 e. The molecular weight excluding hydrogens is 372 g/mol. The van der Waals surface area contributed by atoms with Crippen molar-refractivity contribution in [1.29, 1.82) is 0 Å². The molecule has 1 aromatic rings. The smallest absolute Gasteiger partial charge is 0.191 e. The molecule has 0 saturated carbocycles. The number of benzene rings is 1. The van der Waals surface area contributed by atoms with E-state index in [2.05, 4.69) is 74.5 Å². The Morgan fingerprint density at radius 1 is 1.07 bits per heavy atom. The first kappa shape index (κ1) is 23.0. The summed E-state index contributed by atoms with van der Waals surface area (Å²) in [7, 11) is 1.88. The van der Waals surface area contributed by atoms with E-state index in [-0.39, 0.29) is 0 Å². The fourth-order valence-corrected chi connectivity index (χ4v) is 4.63. The third-order valence-corrected chi connectivity index (χ3v) is 6.60. The van der Waals surface area contributed by atoms with Crippen LogP contribution in [-0.4, -0.2) is 92.1 Å². The second-order valence-corrected chi connectivity index (χ2v) is 8.82. The van der Waals surface area contributed by atoms with Crippen LogP contribution in [0.4, 0.5) is 0 Å². The zero-order valence-corrected chi connectivity index (χ0v) is 19.3. The van der Waals surface area contributed by atoms with Crippen LogP contribution in [0.2, 0.25) is 0 Å². The summed E-state index contributed by atoms with van der Waals surface area (Å²) in [6, 6.07) is 11.8. The molecule has 0 spiro atoms. The molecule has 2 atom stereocenters. The lowest BCUT2D eigenvalue weighted by Gasteiger charge is -2.34. The maximum absolute atomic E-state index is 4.45. The van der Waals surface area contributed by atoms with Crippen LogP contribution in [0.5, 0.6) is 0 Å². The molecule has 2 aliphatic rings. The van der Waals surface area contributed by atoms with Crippen LogP contribution in [0.25, 0.3) is 0 Å². The van der Waals surface area contributed by atoms with E-state index >= 15 is 0 Å². The predicted octanol–water partition coefficient (Wildman–Crippen LogP) is 2.23. The molecule has 6 heteroatoms. The maximum Gasteiger partial charge on any atom is 0.191 e. The number of piperazine rings is 1. The van der Waals surface area contributed by atoms with Gasteiger partial charge in [-0.3, -0.25) is 9.89 Å². The molecule has 3 rings (SSSR count). The van der Waals surface area contributed by atoms with E-state index in [1.54, 1.807) is 0 Å². The van der Waals surface area contributed by atoms with Gasteiger partial charge in [0.05, 0.1) is 0 Å². The summed E-state index contributed by atoms with van der Waals surface area (Å²) in [6.07, 6.45) is 3.61. The van der Waals surface area contributed by atoms with Crippen LogP contribution >= 0.6 is 0 Å². The van der Waals surface area contributed by atoms with Crippen molar-refractivity contribution in [1.82, 2.24) is 25.3 Å². The number of likely N-dealkylation sites (tertiary alicyclic amines) is 1. The van der Waals surface area contributed by atoms with Crippen molar-refractivity contribution in [3.8, 4) is 0 Å². The minimum atomic E-state index is 0.463. The Balaban J connectivity index is 1.30. The van der Waals surface area contributed by atoms with E-state index in [1.807, 2.05) is 7.05 Å². The normalized spacial score (nSPS) is 24.3. The third kappa shape index (κ3) is 7.25. The molecule has 0 bridgehead atoms. The Morgan fingerprint density at radius 3 is 2.50 bits per heavy atom. The number of nitrogens with one attached hydrogen (secondary N) is 2. The summed E-state index contributed by atoms with van der Waals surface area (Å²) in [5, 5.41) is 7.17. The van der Waals surface area contributed by atoms with E-state index in [1.165, 1.54) is 57.7 Å². The van der Waals surface area contributed by atoms with E-state index in [0.717, 1.165) is 32.0 Å². The number of guanidine groups is 1. The van der Waals surface area contributed by atoms with Crippen molar-refractivity contribution in [2.45, 2.75) is 51.7 Å². The van der Waals surface area contributed by atoms with Crippen LogP contribution in [0.1, 0.15) is 38.7 Å². The molecular formula is C24H42N6. The first-order chi connectivity index (χ1) is 14.7. The number of hydrogen-bond donors (Lipinski definition) is 2. The first-order valence-corrected chi connectivity index (χ1v) is 11.9. The second kappa shape index (κ2) is 12.3. The highest BCUT2D eigenvalue weighted by Gasteiger charge is 2.29. The maximum atomic E-state index is 4.45. The fraction of sp³-hybridized carbons (Fsp3) is 0.708. The van der Waals surface area contributed by atoms with E-state index < -0.39 is 0 Å². The lowest BCUT2D eigenvalue weighted by molar-refractivity contribution is 0.136. The Hall–Kier alpha value is -1.63. The minimum absolute atomic E-state index is 0.463. The molecule has 1 aromatic carbocycles. The van der Waals surface area contributed by atoms with Crippen LogP contribution in [0, 0.1) is 0 Å². The number of unbranched alkanes of at least 4 members (excludes halogenated alkanes) is 1. The van der Waals surface area contributed by atoms with E-state index in [9.17, 15) is 0 Å². The summed E-state index contributed by atoms with van der Waals surface area (Å²) < 4.78 is 0. The Labute approximate surface area is 183 Å². The molecule has 0 aliphatic carbocycles. The van der Waals surface area contributed by atoms with E-state index in [0.29, 0.717) is 12.1 Å². The summed E-state index contributed by atoms with van der Waals surface area (Å²) in [4.78, 5) is 12.2. The molecule has 0 amide bonds. The number of nitrogens with zero attached hydrogens (tertiary/aromatic N) is 4. The van der Waals surface area contributed by atoms with Gasteiger partial charge in [0, 0.05) is 64.9 Å². The monoisotopic (exact) mass is 414 g/mol. The standard InChI is InChI=1S/C24H42N6/c1-4-28-14-16-29(17-15-28)13-9-8-12-26-24(25-3)27-23-18-21(2)30(20-23)19-22-10-6-5-7-11-22/h5-7,10-11,21,23H,4,8-9,12-20H2,1-3H3,(H2,25,26,27). The zero-order chi connectivity index (χ0) is 21.2. The lowest BCUT2D eigenvalue weighted by atomic mass is 10.2. The summed E-state index contributed by atoms with van der Waals surface area (Å²) >= 11 is 0. The number of aliphatic imine (C=N–C) groups is 1. The molecule has 168 valence electrons. The predicted molar refractivity (Wildman–Crippen MR) is 127 cm³/mol. The highest BCUT2D eigenvalue weighted by atomic mass is 15.3. The van der Waals surface area contributed by atoms with Gasteiger partial charge in [-0.05, 0) is 44.8 Å². The molecule has 6 nitrogen and oxygen atoms in total. The van der Waals surface area contributed by atoms with Crippen LogP contribution < -0.4 is 10.6 Å². The van der Waals surface area contributed by atoms with Gasteiger partial charge >= 0.3 is 0 Å². The number of likely N-dealkylation sites (N-methyl/N-ethyl adjacent to an activating group) is 1. The lowest BCUT2D eigenvalue weighted by Crippen LogP contribution is -2.46. The van der Waals surface area contributed by atoms with Gasteiger partial charge in [0.25, 0.3) is 0 Å². The van der Waals surface area contributed by atoms with Crippen molar-refractivity contribution in [2.75, 3.05) is 59.4 Å². The summed E-state index contributed by atoms with van der Waals surface area (Å²) in [5.74, 6) is 0.949. The Bertz CT molecular complexity index is 626. The van der Waals surface area contributed by atoms with Crippen LogP contribution in [-0.2, 0) is 6.54 Å². The summed E-state index contributed by atoms with van der Waals surface area (Å²) in [5.41, 5.74) is 1.39. The zero-order valence-electron chi connectivity index (χ0n) is 19.3. The third-order valence-electron chi connectivity index (χ3n) is 6.60. The van der Waals surface area contributed by atoms with Crippen molar-refractivity contribution >= 4 is 5.96 Å². The van der Waals surface area contributed by atoms with Crippen molar-refractivity contribution < 1.29 is 0 Å². The average Bonchev–Trinajstić information content (AvgIpc) is 3.12.